The Morgan fingerprint density at radius 1 is 1.57 bits per heavy atom. The van der Waals surface area contributed by atoms with Gasteiger partial charge in [-0.25, -0.2) is 4.39 Å². The average Bonchev–Trinajstić information content (AvgIpc) is 2.09. The normalized spacial score (nSPS) is 9.93. The van der Waals surface area contributed by atoms with Crippen molar-refractivity contribution in [1.82, 2.24) is 0 Å². The van der Waals surface area contributed by atoms with Crippen molar-refractivity contribution in [2.45, 2.75) is 13.3 Å². The number of ether oxygens (including phenoxy) is 1. The molecular formula is C10H12FNO2. The van der Waals surface area contributed by atoms with E-state index in [1.165, 1.54) is 25.1 Å². The first-order chi connectivity index (χ1) is 6.63. The minimum absolute atomic E-state index is 0.357. The molecule has 0 aliphatic heterocycles. The van der Waals surface area contributed by atoms with Crippen LogP contribution in [0.15, 0.2) is 18.2 Å². The van der Waals surface area contributed by atoms with Crippen molar-refractivity contribution in [3.63, 3.8) is 0 Å². The van der Waals surface area contributed by atoms with Crippen LogP contribution in [0.4, 0.5) is 4.39 Å². The third kappa shape index (κ3) is 2.81. The van der Waals surface area contributed by atoms with Crippen LogP contribution in [-0.2, 0) is 11.2 Å². The van der Waals surface area contributed by atoms with E-state index in [1.807, 2.05) is 0 Å². The third-order valence-corrected chi connectivity index (χ3v) is 1.69. The molecule has 0 atom stereocenters. The molecule has 14 heavy (non-hydrogen) atoms. The maximum atomic E-state index is 12.8. The zero-order chi connectivity index (χ0) is 10.6. The van der Waals surface area contributed by atoms with Gasteiger partial charge in [-0.05, 0) is 36.7 Å². The summed E-state index contributed by atoms with van der Waals surface area (Å²) in [4.78, 5) is 10.7. The monoisotopic (exact) mass is 197 g/mol. The molecule has 0 unspecified atom stereocenters. The van der Waals surface area contributed by atoms with Crippen LogP contribution in [0.2, 0.25) is 0 Å². The molecule has 0 fully saturated rings. The second-order valence-corrected chi connectivity index (χ2v) is 2.88. The highest BCUT2D eigenvalue weighted by Crippen LogP contribution is 2.20. The minimum Gasteiger partial charge on any atom is -0.426 e. The molecule has 0 heterocycles. The minimum atomic E-state index is -0.421. The number of hydrogen-bond acceptors (Lipinski definition) is 3. The Morgan fingerprint density at radius 2 is 2.29 bits per heavy atom. The van der Waals surface area contributed by atoms with Gasteiger partial charge in [-0.1, -0.05) is 0 Å². The van der Waals surface area contributed by atoms with Crippen molar-refractivity contribution in [2.24, 2.45) is 5.73 Å². The first-order valence-corrected chi connectivity index (χ1v) is 4.30. The fourth-order valence-electron chi connectivity index (χ4n) is 1.15. The van der Waals surface area contributed by atoms with E-state index < -0.39 is 5.97 Å². The maximum Gasteiger partial charge on any atom is 0.308 e. The highest BCUT2D eigenvalue weighted by atomic mass is 19.1. The number of rotatable bonds is 3. The quantitative estimate of drug-likeness (QED) is 0.586. The highest BCUT2D eigenvalue weighted by Gasteiger charge is 2.06. The molecule has 0 spiro atoms. The largest absolute Gasteiger partial charge is 0.426 e. The van der Waals surface area contributed by atoms with E-state index in [0.717, 1.165) is 0 Å². The molecular weight excluding hydrogens is 185 g/mol. The summed E-state index contributed by atoms with van der Waals surface area (Å²) in [5, 5.41) is 0. The highest BCUT2D eigenvalue weighted by molar-refractivity contribution is 5.69. The molecule has 0 saturated carbocycles. The second kappa shape index (κ2) is 4.72. The third-order valence-electron chi connectivity index (χ3n) is 1.69. The van der Waals surface area contributed by atoms with E-state index in [4.69, 9.17) is 10.5 Å². The summed E-state index contributed by atoms with van der Waals surface area (Å²) in [6.07, 6.45) is 0.486. The van der Waals surface area contributed by atoms with Crippen LogP contribution in [0.5, 0.6) is 5.75 Å². The van der Waals surface area contributed by atoms with Crippen molar-refractivity contribution < 1.29 is 13.9 Å². The van der Waals surface area contributed by atoms with E-state index >= 15 is 0 Å². The van der Waals surface area contributed by atoms with Crippen molar-refractivity contribution in [3.8, 4) is 5.75 Å². The lowest BCUT2D eigenvalue weighted by Crippen LogP contribution is -2.08. The Kier molecular flexibility index (Phi) is 3.59. The number of carbonyl (C=O) groups is 1. The van der Waals surface area contributed by atoms with Crippen molar-refractivity contribution in [2.75, 3.05) is 6.54 Å². The summed E-state index contributed by atoms with van der Waals surface area (Å²) in [5.74, 6) is -0.399. The Hall–Kier alpha value is -1.42. The molecule has 3 nitrogen and oxygen atoms in total. The molecule has 1 aromatic carbocycles. The van der Waals surface area contributed by atoms with Crippen molar-refractivity contribution in [1.29, 1.82) is 0 Å². The molecule has 1 rings (SSSR count). The van der Waals surface area contributed by atoms with Gasteiger partial charge in [0.2, 0.25) is 0 Å². The standard InChI is InChI=1S/C10H12FNO2/c1-7(13)14-10-3-2-9(11)6-8(10)4-5-12/h2-3,6H,4-5,12H2,1H3. The number of nitrogens with two attached hydrogens (primary N) is 1. The van der Waals surface area contributed by atoms with E-state index in [9.17, 15) is 9.18 Å². The van der Waals surface area contributed by atoms with Crippen LogP contribution in [0.25, 0.3) is 0 Å². The van der Waals surface area contributed by atoms with Gasteiger partial charge in [0.05, 0.1) is 0 Å². The number of esters is 1. The van der Waals surface area contributed by atoms with Crippen LogP contribution < -0.4 is 10.5 Å². The van der Waals surface area contributed by atoms with E-state index in [1.54, 1.807) is 0 Å². The fourth-order valence-corrected chi connectivity index (χ4v) is 1.15. The lowest BCUT2D eigenvalue weighted by Gasteiger charge is -2.07. The van der Waals surface area contributed by atoms with Crippen LogP contribution in [-0.4, -0.2) is 12.5 Å². The zero-order valence-corrected chi connectivity index (χ0v) is 7.92. The van der Waals surface area contributed by atoms with Crippen molar-refractivity contribution >= 4 is 5.97 Å². The number of carbonyl (C=O) groups excluding carboxylic acids is 1. The van der Waals surface area contributed by atoms with Gasteiger partial charge in [0, 0.05) is 6.92 Å². The van der Waals surface area contributed by atoms with Gasteiger partial charge in [-0.2, -0.15) is 0 Å². The van der Waals surface area contributed by atoms with Gasteiger partial charge in [-0.3, -0.25) is 4.79 Å². The molecule has 0 saturated heterocycles. The molecule has 0 amide bonds. The van der Waals surface area contributed by atoms with Crippen LogP contribution in [0, 0.1) is 5.82 Å². The summed E-state index contributed by atoms with van der Waals surface area (Å²) >= 11 is 0. The average molecular weight is 197 g/mol. The Balaban J connectivity index is 2.95. The lowest BCUT2D eigenvalue weighted by molar-refractivity contribution is -0.131. The molecule has 0 aliphatic carbocycles. The van der Waals surface area contributed by atoms with E-state index in [-0.39, 0.29) is 5.82 Å². The van der Waals surface area contributed by atoms with Gasteiger partial charge in [0.1, 0.15) is 11.6 Å². The maximum absolute atomic E-state index is 12.8. The molecule has 76 valence electrons. The van der Waals surface area contributed by atoms with Crippen LogP contribution in [0.3, 0.4) is 0 Å². The fraction of sp³-hybridized carbons (Fsp3) is 0.300. The second-order valence-electron chi connectivity index (χ2n) is 2.88. The zero-order valence-electron chi connectivity index (χ0n) is 7.92. The summed E-state index contributed by atoms with van der Waals surface area (Å²) in [6.45, 7) is 1.69. The van der Waals surface area contributed by atoms with E-state index in [2.05, 4.69) is 0 Å². The number of benzene rings is 1. The smallest absolute Gasteiger partial charge is 0.308 e. The van der Waals surface area contributed by atoms with Crippen LogP contribution in [0.1, 0.15) is 12.5 Å². The topological polar surface area (TPSA) is 52.3 Å². The molecule has 4 heteroatoms. The van der Waals surface area contributed by atoms with Crippen LogP contribution >= 0.6 is 0 Å². The Bertz CT molecular complexity index is 339. The number of hydrogen-bond donors (Lipinski definition) is 1. The summed E-state index contributed by atoms with van der Waals surface area (Å²) in [5.41, 5.74) is 5.96. The van der Waals surface area contributed by atoms with Gasteiger partial charge in [-0.15, -0.1) is 0 Å². The predicted molar refractivity (Wildman–Crippen MR) is 50.5 cm³/mol. The SMILES string of the molecule is CC(=O)Oc1ccc(F)cc1CCN. The van der Waals surface area contributed by atoms with Crippen molar-refractivity contribution in [3.05, 3.63) is 29.6 Å². The molecule has 0 radical (unpaired) electrons. The van der Waals surface area contributed by atoms with E-state index in [0.29, 0.717) is 24.3 Å². The molecule has 1 aromatic rings. The Labute approximate surface area is 81.7 Å². The molecule has 0 aliphatic rings. The van der Waals surface area contributed by atoms with Gasteiger partial charge >= 0.3 is 5.97 Å². The van der Waals surface area contributed by atoms with Gasteiger partial charge in [0.25, 0.3) is 0 Å². The summed E-state index contributed by atoms with van der Waals surface area (Å²) in [6, 6.07) is 4.01. The van der Waals surface area contributed by atoms with Gasteiger partial charge < -0.3 is 10.5 Å². The van der Waals surface area contributed by atoms with Gasteiger partial charge in [0.15, 0.2) is 0 Å². The first-order valence-electron chi connectivity index (χ1n) is 4.30. The summed E-state index contributed by atoms with van der Waals surface area (Å²) in [7, 11) is 0. The number of halogens is 1. The molecule has 0 aromatic heterocycles. The summed E-state index contributed by atoms with van der Waals surface area (Å²) < 4.78 is 17.7. The predicted octanol–water partition coefficient (Wildman–Crippen LogP) is 1.25. The Morgan fingerprint density at radius 3 is 2.86 bits per heavy atom. The first kappa shape index (κ1) is 10.7. The molecule has 2 N–H and O–H groups in total. The molecule has 0 bridgehead atoms. The lowest BCUT2D eigenvalue weighted by atomic mass is 10.1.